The van der Waals surface area contributed by atoms with E-state index in [-0.39, 0.29) is 4.92 Å². The second kappa shape index (κ2) is 8.59. The Morgan fingerprint density at radius 1 is 1.40 bits per heavy atom. The third kappa shape index (κ3) is 6.06. The van der Waals surface area contributed by atoms with Crippen LogP contribution in [-0.4, -0.2) is 11.0 Å². The fourth-order valence-electron chi connectivity index (χ4n) is 1.80. The van der Waals surface area contributed by atoms with Gasteiger partial charge >= 0.3 is 0 Å². The van der Waals surface area contributed by atoms with E-state index in [2.05, 4.69) is 37.1 Å². The van der Waals surface area contributed by atoms with Crippen molar-refractivity contribution >= 4 is 11.8 Å². The lowest BCUT2D eigenvalue weighted by atomic mass is 9.99. The Morgan fingerprint density at radius 3 is 2.60 bits per heavy atom. The monoisotopic (exact) mass is 291 g/mol. The molecule has 0 aliphatic heterocycles. The molecule has 108 valence electrons. The van der Waals surface area contributed by atoms with E-state index >= 15 is 0 Å². The van der Waals surface area contributed by atoms with Gasteiger partial charge < -0.3 is 0 Å². The van der Waals surface area contributed by atoms with Gasteiger partial charge in [0.1, 0.15) is 0 Å². The molecular weight excluding hydrogens is 270 g/mol. The van der Waals surface area contributed by atoms with E-state index in [1.165, 1.54) is 4.90 Å². The van der Waals surface area contributed by atoms with Gasteiger partial charge in [0, 0.05) is 16.2 Å². The van der Waals surface area contributed by atoms with Crippen LogP contribution in [0.4, 0.5) is 0 Å². The summed E-state index contributed by atoms with van der Waals surface area (Å²) in [6.07, 6.45) is 3.45. The maximum Gasteiger partial charge on any atom is 0.233 e. The quantitative estimate of drug-likeness (QED) is 0.295. The molecule has 0 heterocycles. The second-order valence-electron chi connectivity index (χ2n) is 4.96. The molecule has 1 rings (SSSR count). The van der Waals surface area contributed by atoms with E-state index in [1.54, 1.807) is 18.7 Å². The van der Waals surface area contributed by atoms with Crippen molar-refractivity contribution in [1.82, 2.24) is 0 Å². The summed E-state index contributed by atoms with van der Waals surface area (Å²) in [5.74, 6) is 0.327. The van der Waals surface area contributed by atoms with Crippen molar-refractivity contribution in [3.8, 4) is 0 Å². The van der Waals surface area contributed by atoms with Gasteiger partial charge in [0.15, 0.2) is 0 Å². The highest BCUT2D eigenvalue weighted by molar-refractivity contribution is 8.02. The Kier molecular flexibility index (Phi) is 7.09. The van der Waals surface area contributed by atoms with Crippen molar-refractivity contribution in [3.63, 3.8) is 0 Å². The predicted octanol–water partition coefficient (Wildman–Crippen LogP) is 4.93. The molecule has 0 aliphatic rings. The molecule has 0 spiro atoms. The maximum atomic E-state index is 10.9. The molecule has 0 saturated heterocycles. The van der Waals surface area contributed by atoms with E-state index in [4.69, 9.17) is 0 Å². The van der Waals surface area contributed by atoms with Gasteiger partial charge in [-0.25, -0.2) is 0 Å². The largest absolute Gasteiger partial charge is 0.264 e. The third-order valence-corrected chi connectivity index (χ3v) is 3.91. The number of benzene rings is 1. The zero-order valence-corrected chi connectivity index (χ0v) is 12.8. The molecule has 0 bridgehead atoms. The fraction of sp³-hybridized carbons (Fsp3) is 0.375. The van der Waals surface area contributed by atoms with Crippen LogP contribution in [0.5, 0.6) is 0 Å². The van der Waals surface area contributed by atoms with E-state index < -0.39 is 6.04 Å². The van der Waals surface area contributed by atoms with Crippen molar-refractivity contribution in [2.45, 2.75) is 37.6 Å². The van der Waals surface area contributed by atoms with Gasteiger partial charge in [0.2, 0.25) is 6.04 Å². The summed E-state index contributed by atoms with van der Waals surface area (Å²) in [4.78, 5) is 11.8. The highest BCUT2D eigenvalue weighted by atomic mass is 32.2. The van der Waals surface area contributed by atoms with E-state index in [0.717, 1.165) is 6.42 Å². The van der Waals surface area contributed by atoms with E-state index in [1.807, 2.05) is 18.2 Å². The molecule has 0 N–H and O–H groups in total. The average molecular weight is 291 g/mol. The van der Waals surface area contributed by atoms with Crippen LogP contribution >= 0.6 is 11.8 Å². The normalized spacial score (nSPS) is 14.1. The zero-order valence-electron chi connectivity index (χ0n) is 12.0. The molecule has 1 aromatic carbocycles. The fourth-order valence-corrected chi connectivity index (χ4v) is 2.62. The number of rotatable bonds is 8. The third-order valence-electron chi connectivity index (χ3n) is 3.07. The minimum atomic E-state index is -0.618. The van der Waals surface area contributed by atoms with Gasteiger partial charge in [0.05, 0.1) is 0 Å². The summed E-state index contributed by atoms with van der Waals surface area (Å²) in [6.45, 7) is 7.49. The SMILES string of the molecule is C=C(C)C(CC[C@H](C)/C=C\Sc1ccccc1)[N+](=O)[O-]. The lowest BCUT2D eigenvalue weighted by Crippen LogP contribution is -2.20. The molecular formula is C16H21NO2S. The smallest absolute Gasteiger partial charge is 0.233 e. The van der Waals surface area contributed by atoms with Crippen molar-refractivity contribution in [2.24, 2.45) is 5.92 Å². The van der Waals surface area contributed by atoms with E-state index in [9.17, 15) is 10.1 Å². The molecule has 0 fully saturated rings. The lowest BCUT2D eigenvalue weighted by molar-refractivity contribution is -0.513. The first-order valence-electron chi connectivity index (χ1n) is 6.68. The minimum Gasteiger partial charge on any atom is -0.264 e. The summed E-state index contributed by atoms with van der Waals surface area (Å²) in [5.41, 5.74) is 0.629. The van der Waals surface area contributed by atoms with Crippen LogP contribution in [0.15, 0.2) is 58.9 Å². The molecule has 0 aliphatic carbocycles. The molecule has 1 unspecified atom stereocenters. The van der Waals surface area contributed by atoms with Crippen LogP contribution in [0.25, 0.3) is 0 Å². The van der Waals surface area contributed by atoms with Crippen molar-refractivity contribution in [2.75, 3.05) is 0 Å². The molecule has 3 nitrogen and oxygen atoms in total. The van der Waals surface area contributed by atoms with Crippen LogP contribution in [-0.2, 0) is 0 Å². The second-order valence-corrected chi connectivity index (χ2v) is 5.94. The summed E-state index contributed by atoms with van der Waals surface area (Å²) in [7, 11) is 0. The van der Waals surface area contributed by atoms with Gasteiger partial charge in [0.25, 0.3) is 0 Å². The Bertz CT molecular complexity index is 457. The highest BCUT2D eigenvalue weighted by Gasteiger charge is 2.20. The number of allylic oxidation sites excluding steroid dienone is 1. The lowest BCUT2D eigenvalue weighted by Gasteiger charge is -2.11. The first-order valence-corrected chi connectivity index (χ1v) is 7.56. The van der Waals surface area contributed by atoms with Crippen LogP contribution < -0.4 is 0 Å². The van der Waals surface area contributed by atoms with Crippen LogP contribution in [0.3, 0.4) is 0 Å². The molecule has 0 saturated carbocycles. The maximum absolute atomic E-state index is 10.9. The summed E-state index contributed by atoms with van der Waals surface area (Å²) >= 11 is 1.66. The Hall–Kier alpha value is -1.55. The number of thioether (sulfide) groups is 1. The number of nitro groups is 1. The molecule has 0 amide bonds. The summed E-state index contributed by atoms with van der Waals surface area (Å²) in [6, 6.07) is 9.51. The van der Waals surface area contributed by atoms with Gasteiger partial charge in [-0.05, 0) is 42.4 Å². The Labute approximate surface area is 124 Å². The van der Waals surface area contributed by atoms with Crippen molar-refractivity contribution < 1.29 is 4.92 Å². The molecule has 0 radical (unpaired) electrons. The minimum absolute atomic E-state index is 0.239. The van der Waals surface area contributed by atoms with E-state index in [0.29, 0.717) is 17.9 Å². The average Bonchev–Trinajstić information content (AvgIpc) is 2.39. The van der Waals surface area contributed by atoms with Crippen LogP contribution in [0, 0.1) is 16.0 Å². The van der Waals surface area contributed by atoms with Crippen molar-refractivity contribution in [1.29, 1.82) is 0 Å². The van der Waals surface area contributed by atoms with Crippen LogP contribution in [0.1, 0.15) is 26.7 Å². The summed E-state index contributed by atoms with van der Waals surface area (Å²) in [5, 5.41) is 12.9. The molecule has 4 heteroatoms. The first kappa shape index (κ1) is 16.5. The standard InChI is InChI=1S/C16H21NO2S/c1-13(2)16(17(18)19)10-9-14(3)11-12-20-15-7-5-4-6-8-15/h4-8,11-12,14,16H,1,9-10H2,2-3H3/b12-11-/t14-,16?/m0/s1. The number of hydrogen-bond donors (Lipinski definition) is 0. The van der Waals surface area contributed by atoms with Crippen LogP contribution in [0.2, 0.25) is 0 Å². The van der Waals surface area contributed by atoms with Gasteiger partial charge in [-0.2, -0.15) is 0 Å². The predicted molar refractivity (Wildman–Crippen MR) is 85.4 cm³/mol. The molecule has 20 heavy (non-hydrogen) atoms. The molecule has 1 aromatic rings. The number of nitrogens with zero attached hydrogens (tertiary/aromatic N) is 1. The first-order chi connectivity index (χ1) is 9.50. The Morgan fingerprint density at radius 2 is 2.05 bits per heavy atom. The van der Waals surface area contributed by atoms with Gasteiger partial charge in [-0.3, -0.25) is 10.1 Å². The topological polar surface area (TPSA) is 43.1 Å². The van der Waals surface area contributed by atoms with Gasteiger partial charge in [-0.15, -0.1) is 0 Å². The number of hydrogen-bond acceptors (Lipinski definition) is 3. The highest BCUT2D eigenvalue weighted by Crippen LogP contribution is 2.21. The molecule has 2 atom stereocenters. The molecule has 0 aromatic heterocycles. The Balaban J connectivity index is 2.38. The van der Waals surface area contributed by atoms with Gasteiger partial charge in [-0.1, -0.05) is 49.5 Å². The van der Waals surface area contributed by atoms with Crippen molar-refractivity contribution in [3.05, 3.63) is 64.1 Å². The summed E-state index contributed by atoms with van der Waals surface area (Å²) < 4.78 is 0. The zero-order chi connectivity index (χ0) is 15.0.